The second-order valence-corrected chi connectivity index (χ2v) is 11.8. The second kappa shape index (κ2) is 7.76. The number of rotatable bonds is 5. The molecule has 0 bridgehead atoms. The molecule has 1 fully saturated rings. The summed E-state index contributed by atoms with van der Waals surface area (Å²) in [6.45, 7) is 4.39. The van der Waals surface area contributed by atoms with Crippen molar-refractivity contribution in [2.75, 3.05) is 32.4 Å². The number of piperazine rings is 1. The Morgan fingerprint density at radius 2 is 1.81 bits per heavy atom. The Kier molecular flexibility index (Phi) is 5.95. The Hall–Kier alpha value is -1.04. The summed E-state index contributed by atoms with van der Waals surface area (Å²) in [5, 5.41) is 3.03. The average molecular weight is 450 g/mol. The molecule has 1 aliphatic heterocycles. The molecule has 7 nitrogen and oxygen atoms in total. The summed E-state index contributed by atoms with van der Waals surface area (Å²) in [5.74, 6) is 0. The summed E-state index contributed by atoms with van der Waals surface area (Å²) in [7, 11) is -7.40. The first-order valence-corrected chi connectivity index (χ1v) is 12.8. The molecule has 0 unspecified atom stereocenters. The Morgan fingerprint density at radius 3 is 2.37 bits per heavy atom. The number of thiazole rings is 1. The molecule has 1 saturated heterocycles. The molecule has 1 aromatic carbocycles. The lowest BCUT2D eigenvalue weighted by Gasteiger charge is -2.33. The van der Waals surface area contributed by atoms with Gasteiger partial charge in [-0.1, -0.05) is 11.6 Å². The molecular formula is C16H20ClN3O4S3. The van der Waals surface area contributed by atoms with E-state index in [-0.39, 0.29) is 14.8 Å². The third-order valence-electron chi connectivity index (χ3n) is 4.33. The summed E-state index contributed by atoms with van der Waals surface area (Å²) >= 11 is 7.66. The van der Waals surface area contributed by atoms with Crippen molar-refractivity contribution in [3.05, 3.63) is 39.3 Å². The normalized spacial score (nSPS) is 17.3. The van der Waals surface area contributed by atoms with E-state index in [4.69, 9.17) is 11.6 Å². The highest BCUT2D eigenvalue weighted by Crippen LogP contribution is 2.28. The monoisotopic (exact) mass is 449 g/mol. The van der Waals surface area contributed by atoms with E-state index in [0.717, 1.165) is 23.0 Å². The van der Waals surface area contributed by atoms with Crippen molar-refractivity contribution < 1.29 is 16.8 Å². The van der Waals surface area contributed by atoms with Crippen LogP contribution in [0.15, 0.2) is 33.4 Å². The molecule has 11 heteroatoms. The van der Waals surface area contributed by atoms with Crippen LogP contribution >= 0.6 is 22.9 Å². The molecule has 0 atom stereocenters. The van der Waals surface area contributed by atoms with Crippen molar-refractivity contribution in [2.45, 2.75) is 23.3 Å². The van der Waals surface area contributed by atoms with Crippen molar-refractivity contribution in [1.29, 1.82) is 0 Å². The highest BCUT2D eigenvalue weighted by Gasteiger charge is 2.31. The first-order chi connectivity index (χ1) is 12.6. The van der Waals surface area contributed by atoms with E-state index in [0.29, 0.717) is 32.7 Å². The number of benzene rings is 1. The number of sulfonamides is 1. The molecule has 1 aromatic heterocycles. The largest absolute Gasteiger partial charge is 0.295 e. The lowest BCUT2D eigenvalue weighted by molar-refractivity contribution is 0.180. The zero-order valence-corrected chi connectivity index (χ0v) is 18.1. The second-order valence-electron chi connectivity index (χ2n) is 6.40. The third kappa shape index (κ3) is 4.69. The number of halogens is 1. The van der Waals surface area contributed by atoms with Crippen LogP contribution in [-0.2, 0) is 26.4 Å². The highest BCUT2D eigenvalue weighted by atomic mass is 35.5. The van der Waals surface area contributed by atoms with E-state index in [9.17, 15) is 16.8 Å². The van der Waals surface area contributed by atoms with E-state index in [2.05, 4.69) is 9.88 Å². The lowest BCUT2D eigenvalue weighted by Crippen LogP contribution is -2.48. The first kappa shape index (κ1) is 20.7. The third-order valence-corrected chi connectivity index (χ3v) is 8.64. The lowest BCUT2D eigenvalue weighted by atomic mass is 10.3. The van der Waals surface area contributed by atoms with Gasteiger partial charge in [-0.15, -0.1) is 11.3 Å². The summed E-state index contributed by atoms with van der Waals surface area (Å²) < 4.78 is 50.8. The summed E-state index contributed by atoms with van der Waals surface area (Å²) in [4.78, 5) is 6.35. The van der Waals surface area contributed by atoms with Gasteiger partial charge in [0.1, 0.15) is 4.90 Å². The summed E-state index contributed by atoms with van der Waals surface area (Å²) in [6.07, 6.45) is 1.03. The van der Waals surface area contributed by atoms with Crippen molar-refractivity contribution in [1.82, 2.24) is 14.2 Å². The van der Waals surface area contributed by atoms with Crippen LogP contribution in [0.4, 0.5) is 0 Å². The van der Waals surface area contributed by atoms with Gasteiger partial charge in [0.25, 0.3) is 0 Å². The van der Waals surface area contributed by atoms with Crippen LogP contribution in [0.25, 0.3) is 0 Å². The fourth-order valence-corrected chi connectivity index (χ4v) is 6.14. The van der Waals surface area contributed by atoms with E-state index < -0.39 is 19.9 Å². The number of nitrogens with zero attached hydrogens (tertiary/aromatic N) is 3. The molecule has 0 N–H and O–H groups in total. The summed E-state index contributed by atoms with van der Waals surface area (Å²) in [6, 6.07) is 3.76. The molecule has 3 rings (SSSR count). The van der Waals surface area contributed by atoms with Crippen molar-refractivity contribution >= 4 is 42.8 Å². The van der Waals surface area contributed by atoms with Gasteiger partial charge < -0.3 is 0 Å². The molecule has 0 amide bonds. The molecule has 148 valence electrons. The maximum atomic E-state index is 13.0. The van der Waals surface area contributed by atoms with Gasteiger partial charge in [-0.2, -0.15) is 4.31 Å². The predicted molar refractivity (Wildman–Crippen MR) is 105 cm³/mol. The number of hydrogen-bond acceptors (Lipinski definition) is 7. The number of aryl methyl sites for hydroxylation is 1. The molecule has 27 heavy (non-hydrogen) atoms. The van der Waals surface area contributed by atoms with Crippen molar-refractivity contribution in [2.24, 2.45) is 0 Å². The Balaban J connectivity index is 1.75. The van der Waals surface area contributed by atoms with Crippen LogP contribution in [0.1, 0.15) is 10.7 Å². The van der Waals surface area contributed by atoms with E-state index in [1.807, 2.05) is 12.3 Å². The average Bonchev–Trinajstić information content (AvgIpc) is 2.99. The van der Waals surface area contributed by atoms with Crippen LogP contribution < -0.4 is 0 Å². The van der Waals surface area contributed by atoms with Gasteiger partial charge in [-0.05, 0) is 25.1 Å². The summed E-state index contributed by atoms with van der Waals surface area (Å²) in [5.41, 5.74) is 0.984. The van der Waals surface area contributed by atoms with Crippen LogP contribution in [0.2, 0.25) is 5.02 Å². The molecular weight excluding hydrogens is 430 g/mol. The SMILES string of the molecule is Cc1nc(CN2CCN(S(=O)(=O)c3cc(S(C)(=O)=O)ccc3Cl)CC2)cs1. The van der Waals surface area contributed by atoms with Crippen molar-refractivity contribution in [3.8, 4) is 0 Å². The quantitative estimate of drug-likeness (QED) is 0.693. The fourth-order valence-electron chi connectivity index (χ4n) is 2.89. The first-order valence-electron chi connectivity index (χ1n) is 8.20. The Bertz CT molecular complexity index is 1040. The molecule has 0 saturated carbocycles. The molecule has 0 aliphatic carbocycles. The maximum absolute atomic E-state index is 13.0. The maximum Gasteiger partial charge on any atom is 0.244 e. The molecule has 2 aromatic rings. The predicted octanol–water partition coefficient (Wildman–Crippen LogP) is 2.01. The van der Waals surface area contributed by atoms with E-state index in [1.165, 1.54) is 16.4 Å². The van der Waals surface area contributed by atoms with Gasteiger partial charge in [0.15, 0.2) is 9.84 Å². The van der Waals surface area contributed by atoms with Crippen molar-refractivity contribution in [3.63, 3.8) is 0 Å². The Labute approximate surface area is 168 Å². The number of sulfone groups is 1. The highest BCUT2D eigenvalue weighted by molar-refractivity contribution is 7.91. The van der Waals surface area contributed by atoms with Crippen LogP contribution in [0.5, 0.6) is 0 Å². The van der Waals surface area contributed by atoms with Gasteiger partial charge in [0.2, 0.25) is 10.0 Å². The molecule has 0 spiro atoms. The zero-order valence-electron chi connectivity index (χ0n) is 14.9. The minimum Gasteiger partial charge on any atom is -0.295 e. The van der Waals surface area contributed by atoms with Gasteiger partial charge >= 0.3 is 0 Å². The van der Waals surface area contributed by atoms with Gasteiger partial charge in [0.05, 0.1) is 20.6 Å². The fraction of sp³-hybridized carbons (Fsp3) is 0.438. The Morgan fingerprint density at radius 1 is 1.15 bits per heavy atom. The van der Waals surface area contributed by atoms with Crippen LogP contribution in [0, 0.1) is 6.92 Å². The van der Waals surface area contributed by atoms with Crippen LogP contribution in [-0.4, -0.2) is 63.5 Å². The topological polar surface area (TPSA) is 87.7 Å². The molecule has 0 radical (unpaired) electrons. The minimum absolute atomic E-state index is 0.0165. The minimum atomic E-state index is -3.87. The van der Waals surface area contributed by atoms with E-state index >= 15 is 0 Å². The number of aromatic nitrogens is 1. The number of hydrogen-bond donors (Lipinski definition) is 0. The van der Waals surface area contributed by atoms with Gasteiger partial charge in [-0.25, -0.2) is 21.8 Å². The molecule has 2 heterocycles. The smallest absolute Gasteiger partial charge is 0.244 e. The van der Waals surface area contributed by atoms with Gasteiger partial charge in [0, 0.05) is 44.4 Å². The van der Waals surface area contributed by atoms with Gasteiger partial charge in [-0.3, -0.25) is 4.90 Å². The zero-order chi connectivity index (χ0) is 19.8. The molecule has 1 aliphatic rings. The standard InChI is InChI=1S/C16H20ClN3O4S3/c1-12-18-13(11-25-12)10-19-5-7-20(8-6-19)27(23,24)16-9-14(26(2,21)22)3-4-15(16)17/h3-4,9,11H,5-8,10H2,1-2H3. The van der Waals surface area contributed by atoms with E-state index in [1.54, 1.807) is 11.3 Å². The van der Waals surface area contributed by atoms with Crippen LogP contribution in [0.3, 0.4) is 0 Å².